The van der Waals surface area contributed by atoms with Gasteiger partial charge in [-0.25, -0.2) is 12.8 Å². The first kappa shape index (κ1) is 23.0. The predicted octanol–water partition coefficient (Wildman–Crippen LogP) is 3.14. The maximum Gasteiger partial charge on any atom is 0.246 e. The van der Waals surface area contributed by atoms with Gasteiger partial charge in [-0.1, -0.05) is 47.5 Å². The summed E-state index contributed by atoms with van der Waals surface area (Å²) in [6, 6.07) is 10.3. The smallest absolute Gasteiger partial charge is 0.246 e. The third kappa shape index (κ3) is 4.95. The molecule has 0 spiro atoms. The lowest BCUT2D eigenvalue weighted by atomic mass is 10.2. The largest absolute Gasteiger partial charge is 0.351 e. The Morgan fingerprint density at radius 1 is 1.07 bits per heavy atom. The predicted molar refractivity (Wildman–Crippen MR) is 115 cm³/mol. The van der Waals surface area contributed by atoms with Crippen molar-refractivity contribution in [3.8, 4) is 0 Å². The van der Waals surface area contributed by atoms with Crippen molar-refractivity contribution in [3.05, 3.63) is 63.9 Å². The van der Waals surface area contributed by atoms with E-state index in [1.54, 1.807) is 31.2 Å². The van der Waals surface area contributed by atoms with Gasteiger partial charge in [0.25, 0.3) is 0 Å². The number of nitrogens with one attached hydrogen (secondary N) is 1. The van der Waals surface area contributed by atoms with Crippen molar-refractivity contribution in [3.63, 3.8) is 0 Å². The third-order valence-electron chi connectivity index (χ3n) is 5.13. The molecule has 1 aliphatic rings. The highest BCUT2D eigenvalue weighted by Crippen LogP contribution is 2.32. The van der Waals surface area contributed by atoms with Crippen molar-refractivity contribution >= 4 is 39.1 Å². The lowest BCUT2D eigenvalue weighted by molar-refractivity contribution is -0.126. The van der Waals surface area contributed by atoms with E-state index in [2.05, 4.69) is 5.32 Å². The molecule has 0 aliphatic carbocycles. The van der Waals surface area contributed by atoms with Crippen LogP contribution in [0.5, 0.6) is 0 Å². The molecule has 162 valence electrons. The van der Waals surface area contributed by atoms with Crippen LogP contribution < -0.4 is 5.32 Å². The molecule has 6 nitrogen and oxygen atoms in total. The Balaban J connectivity index is 1.59. The molecular formula is C20H22Cl2FN3O3S. The van der Waals surface area contributed by atoms with Gasteiger partial charge in [-0.15, -0.1) is 0 Å². The summed E-state index contributed by atoms with van der Waals surface area (Å²) in [5, 5.41) is 2.88. The number of hydrogen-bond donors (Lipinski definition) is 1. The summed E-state index contributed by atoms with van der Waals surface area (Å²) in [5.74, 6) is -0.619. The maximum absolute atomic E-state index is 13.7. The van der Waals surface area contributed by atoms with Crippen molar-refractivity contribution in [2.75, 3.05) is 26.2 Å². The summed E-state index contributed by atoms with van der Waals surface area (Å²) >= 11 is 12.1. The Bertz CT molecular complexity index is 1010. The Hall–Kier alpha value is -1.71. The van der Waals surface area contributed by atoms with E-state index in [0.29, 0.717) is 18.7 Å². The monoisotopic (exact) mass is 473 g/mol. The number of sulfonamides is 1. The van der Waals surface area contributed by atoms with Gasteiger partial charge in [0.1, 0.15) is 10.7 Å². The number of rotatable bonds is 6. The zero-order valence-electron chi connectivity index (χ0n) is 16.3. The topological polar surface area (TPSA) is 69.7 Å². The van der Waals surface area contributed by atoms with E-state index in [1.807, 2.05) is 4.90 Å². The standard InChI is InChI=1S/C20H22Cl2FN3O3S/c1-14(20(27)24-13-15-5-2-3-8-18(15)23)25-9-11-26(12-10-25)30(28,29)19-16(21)6-4-7-17(19)22/h2-8,14H,9-13H2,1H3,(H,24,27). The number of hydrogen-bond acceptors (Lipinski definition) is 4. The Morgan fingerprint density at radius 2 is 1.67 bits per heavy atom. The second-order valence-electron chi connectivity index (χ2n) is 6.98. The molecule has 2 aromatic rings. The summed E-state index contributed by atoms with van der Waals surface area (Å²) in [4.78, 5) is 14.3. The fraction of sp³-hybridized carbons (Fsp3) is 0.350. The fourth-order valence-corrected chi connectivity index (χ4v) is 5.84. The molecular weight excluding hydrogens is 452 g/mol. The lowest BCUT2D eigenvalue weighted by Gasteiger charge is -2.36. The van der Waals surface area contributed by atoms with Crippen molar-refractivity contribution in [2.24, 2.45) is 0 Å². The molecule has 0 bridgehead atoms. The van der Waals surface area contributed by atoms with Crippen LogP contribution in [-0.4, -0.2) is 55.8 Å². The molecule has 2 aromatic carbocycles. The highest BCUT2D eigenvalue weighted by Gasteiger charge is 2.34. The minimum atomic E-state index is -3.84. The third-order valence-corrected chi connectivity index (χ3v) is 7.98. The first-order valence-corrected chi connectivity index (χ1v) is 11.6. The van der Waals surface area contributed by atoms with Gasteiger partial charge in [0.2, 0.25) is 15.9 Å². The summed E-state index contributed by atoms with van der Waals surface area (Å²) in [7, 11) is -3.84. The van der Waals surface area contributed by atoms with E-state index < -0.39 is 16.1 Å². The number of carbonyl (C=O) groups is 1. The highest BCUT2D eigenvalue weighted by atomic mass is 35.5. The molecule has 30 heavy (non-hydrogen) atoms. The van der Waals surface area contributed by atoms with Gasteiger partial charge in [-0.3, -0.25) is 9.69 Å². The van der Waals surface area contributed by atoms with Crippen LogP contribution in [0.1, 0.15) is 12.5 Å². The Morgan fingerprint density at radius 3 is 2.27 bits per heavy atom. The van der Waals surface area contributed by atoms with E-state index in [0.717, 1.165) is 0 Å². The molecule has 1 fully saturated rings. The Kier molecular flexibility index (Phi) is 7.36. The molecule has 0 radical (unpaired) electrons. The quantitative estimate of drug-likeness (QED) is 0.699. The first-order chi connectivity index (χ1) is 14.2. The number of carbonyl (C=O) groups excluding carboxylic acids is 1. The molecule has 1 N–H and O–H groups in total. The van der Waals surface area contributed by atoms with Crippen LogP contribution in [0.3, 0.4) is 0 Å². The Labute approximate surface area is 185 Å². The average Bonchev–Trinajstić information content (AvgIpc) is 2.72. The van der Waals surface area contributed by atoms with Gasteiger partial charge >= 0.3 is 0 Å². The summed E-state index contributed by atoms with van der Waals surface area (Å²) < 4.78 is 40.9. The van der Waals surface area contributed by atoms with Crippen LogP contribution in [0, 0.1) is 5.82 Å². The molecule has 10 heteroatoms. The molecule has 3 rings (SSSR count). The highest BCUT2D eigenvalue weighted by molar-refractivity contribution is 7.89. The van der Waals surface area contributed by atoms with Crippen molar-refractivity contribution < 1.29 is 17.6 Å². The van der Waals surface area contributed by atoms with Gasteiger partial charge in [-0.05, 0) is 25.1 Å². The van der Waals surface area contributed by atoms with E-state index in [-0.39, 0.29) is 46.3 Å². The molecule has 1 heterocycles. The second kappa shape index (κ2) is 9.62. The fourth-order valence-electron chi connectivity index (χ4n) is 3.33. The molecule has 1 aliphatic heterocycles. The van der Waals surface area contributed by atoms with Gasteiger partial charge in [-0.2, -0.15) is 4.31 Å². The molecule has 1 unspecified atom stereocenters. The van der Waals surface area contributed by atoms with Gasteiger partial charge in [0.05, 0.1) is 16.1 Å². The number of halogens is 3. The van der Waals surface area contributed by atoms with Crippen LogP contribution in [-0.2, 0) is 21.4 Å². The zero-order chi connectivity index (χ0) is 21.9. The maximum atomic E-state index is 13.7. The summed E-state index contributed by atoms with van der Waals surface area (Å²) in [5.41, 5.74) is 0.408. The van der Waals surface area contributed by atoms with E-state index in [1.165, 1.54) is 22.5 Å². The number of amides is 1. The van der Waals surface area contributed by atoms with Crippen LogP contribution in [0.15, 0.2) is 47.4 Å². The lowest BCUT2D eigenvalue weighted by Crippen LogP contribution is -2.54. The minimum absolute atomic E-state index is 0.0748. The number of benzene rings is 2. The second-order valence-corrected chi connectivity index (χ2v) is 9.67. The molecule has 1 amide bonds. The number of nitrogens with zero attached hydrogens (tertiary/aromatic N) is 2. The van der Waals surface area contributed by atoms with E-state index >= 15 is 0 Å². The summed E-state index contributed by atoms with van der Waals surface area (Å²) in [6.45, 7) is 2.98. The van der Waals surface area contributed by atoms with E-state index in [4.69, 9.17) is 23.2 Å². The van der Waals surface area contributed by atoms with Crippen molar-refractivity contribution in [2.45, 2.75) is 24.4 Å². The van der Waals surface area contributed by atoms with Crippen LogP contribution in [0.4, 0.5) is 4.39 Å². The van der Waals surface area contributed by atoms with Crippen LogP contribution in [0.25, 0.3) is 0 Å². The molecule has 0 aromatic heterocycles. The van der Waals surface area contributed by atoms with Gasteiger partial charge in [0.15, 0.2) is 0 Å². The molecule has 1 atom stereocenters. The average molecular weight is 474 g/mol. The van der Waals surface area contributed by atoms with Gasteiger partial charge in [0, 0.05) is 38.3 Å². The van der Waals surface area contributed by atoms with Crippen LogP contribution in [0.2, 0.25) is 10.0 Å². The zero-order valence-corrected chi connectivity index (χ0v) is 18.6. The van der Waals surface area contributed by atoms with Gasteiger partial charge < -0.3 is 5.32 Å². The SMILES string of the molecule is CC(C(=O)NCc1ccccc1F)N1CCN(S(=O)(=O)c2c(Cl)cccc2Cl)CC1. The first-order valence-electron chi connectivity index (χ1n) is 9.41. The summed E-state index contributed by atoms with van der Waals surface area (Å²) in [6.07, 6.45) is 0. The normalized spacial score (nSPS) is 16.9. The minimum Gasteiger partial charge on any atom is -0.351 e. The van der Waals surface area contributed by atoms with Crippen LogP contribution >= 0.6 is 23.2 Å². The van der Waals surface area contributed by atoms with Crippen molar-refractivity contribution in [1.29, 1.82) is 0 Å². The molecule has 0 saturated carbocycles. The molecule has 1 saturated heterocycles. The van der Waals surface area contributed by atoms with Crippen molar-refractivity contribution in [1.82, 2.24) is 14.5 Å². The number of piperazine rings is 1. The van der Waals surface area contributed by atoms with E-state index in [9.17, 15) is 17.6 Å².